The van der Waals surface area contributed by atoms with Gasteiger partial charge in [-0.2, -0.15) is 0 Å². The van der Waals surface area contributed by atoms with Gasteiger partial charge in [-0.15, -0.1) is 0 Å². The highest BCUT2D eigenvalue weighted by Crippen LogP contribution is 2.28. The first-order chi connectivity index (χ1) is 9.70. The first kappa shape index (κ1) is 15.5. The number of hydrogen-bond donors (Lipinski definition) is 1. The SMILES string of the molecule is CCCC1CCCC(NC(C)c2ccccc2F)CC1. The maximum atomic E-state index is 13.8. The van der Waals surface area contributed by atoms with Crippen LogP contribution in [0.4, 0.5) is 4.39 Å². The van der Waals surface area contributed by atoms with Gasteiger partial charge in [-0.25, -0.2) is 4.39 Å². The van der Waals surface area contributed by atoms with Crippen molar-refractivity contribution in [2.75, 3.05) is 0 Å². The summed E-state index contributed by atoms with van der Waals surface area (Å²) in [6.45, 7) is 4.35. The Bertz CT molecular complexity index is 404. The Morgan fingerprint density at radius 3 is 2.75 bits per heavy atom. The fourth-order valence-corrected chi connectivity index (χ4v) is 3.51. The Balaban J connectivity index is 1.88. The van der Waals surface area contributed by atoms with Crippen molar-refractivity contribution in [3.63, 3.8) is 0 Å². The van der Waals surface area contributed by atoms with Gasteiger partial charge in [0, 0.05) is 17.6 Å². The summed E-state index contributed by atoms with van der Waals surface area (Å²) < 4.78 is 13.8. The van der Waals surface area contributed by atoms with Crippen molar-refractivity contribution in [2.24, 2.45) is 5.92 Å². The third-order valence-corrected chi connectivity index (χ3v) is 4.64. The summed E-state index contributed by atoms with van der Waals surface area (Å²) in [5.74, 6) is 0.820. The Morgan fingerprint density at radius 1 is 1.20 bits per heavy atom. The van der Waals surface area contributed by atoms with E-state index in [0.717, 1.165) is 11.5 Å². The van der Waals surface area contributed by atoms with Crippen LogP contribution in [-0.2, 0) is 0 Å². The summed E-state index contributed by atoms with van der Waals surface area (Å²) in [5.41, 5.74) is 0.793. The Kier molecular flexibility index (Phi) is 6.03. The molecule has 0 radical (unpaired) electrons. The van der Waals surface area contributed by atoms with Crippen LogP contribution in [0.5, 0.6) is 0 Å². The highest BCUT2D eigenvalue weighted by atomic mass is 19.1. The number of halogens is 1. The number of benzene rings is 1. The largest absolute Gasteiger partial charge is 0.307 e. The highest BCUT2D eigenvalue weighted by Gasteiger charge is 2.20. The minimum atomic E-state index is -0.0926. The first-order valence-electron chi connectivity index (χ1n) is 8.21. The molecule has 20 heavy (non-hydrogen) atoms. The van der Waals surface area contributed by atoms with E-state index < -0.39 is 0 Å². The molecule has 0 spiro atoms. The fourth-order valence-electron chi connectivity index (χ4n) is 3.51. The number of hydrogen-bond acceptors (Lipinski definition) is 1. The number of nitrogens with one attached hydrogen (secondary N) is 1. The molecule has 3 atom stereocenters. The van der Waals surface area contributed by atoms with Crippen LogP contribution in [0.1, 0.15) is 70.4 Å². The Labute approximate surface area is 123 Å². The molecule has 1 nitrogen and oxygen atoms in total. The van der Waals surface area contributed by atoms with Crippen LogP contribution in [0.3, 0.4) is 0 Å². The van der Waals surface area contributed by atoms with E-state index in [0.29, 0.717) is 6.04 Å². The maximum Gasteiger partial charge on any atom is 0.127 e. The first-order valence-corrected chi connectivity index (χ1v) is 8.21. The molecule has 1 aliphatic carbocycles. The number of rotatable bonds is 5. The van der Waals surface area contributed by atoms with Crippen molar-refractivity contribution in [2.45, 2.75) is 70.9 Å². The van der Waals surface area contributed by atoms with Gasteiger partial charge in [0.05, 0.1) is 0 Å². The van der Waals surface area contributed by atoms with Gasteiger partial charge in [-0.3, -0.25) is 0 Å². The standard InChI is InChI=1S/C18H28FN/c1-3-7-15-8-6-9-16(13-12-15)20-14(2)17-10-4-5-11-18(17)19/h4-5,10-11,14-16,20H,3,6-9,12-13H2,1-2H3. The van der Waals surface area contributed by atoms with Crippen molar-refractivity contribution in [3.8, 4) is 0 Å². The molecule has 2 heteroatoms. The molecule has 0 heterocycles. The molecule has 1 N–H and O–H groups in total. The molecule has 1 aliphatic rings. The smallest absolute Gasteiger partial charge is 0.127 e. The third kappa shape index (κ3) is 4.31. The average molecular weight is 277 g/mol. The third-order valence-electron chi connectivity index (χ3n) is 4.64. The molecule has 1 aromatic carbocycles. The summed E-state index contributed by atoms with van der Waals surface area (Å²) in [7, 11) is 0. The van der Waals surface area contributed by atoms with Crippen LogP contribution >= 0.6 is 0 Å². The molecule has 0 aliphatic heterocycles. The zero-order valence-electron chi connectivity index (χ0n) is 12.9. The lowest BCUT2D eigenvalue weighted by Gasteiger charge is -2.23. The van der Waals surface area contributed by atoms with E-state index in [9.17, 15) is 4.39 Å². The van der Waals surface area contributed by atoms with Crippen molar-refractivity contribution >= 4 is 0 Å². The second kappa shape index (κ2) is 7.78. The van der Waals surface area contributed by atoms with E-state index in [2.05, 4.69) is 19.2 Å². The van der Waals surface area contributed by atoms with Crippen molar-refractivity contribution in [3.05, 3.63) is 35.6 Å². The van der Waals surface area contributed by atoms with E-state index >= 15 is 0 Å². The van der Waals surface area contributed by atoms with Gasteiger partial charge in [-0.1, -0.05) is 50.8 Å². The van der Waals surface area contributed by atoms with E-state index in [1.165, 1.54) is 44.9 Å². The average Bonchev–Trinajstić information content (AvgIpc) is 2.65. The van der Waals surface area contributed by atoms with Crippen LogP contribution in [0.15, 0.2) is 24.3 Å². The quantitative estimate of drug-likeness (QED) is 0.727. The second-order valence-electron chi connectivity index (χ2n) is 6.27. The Morgan fingerprint density at radius 2 is 2.00 bits per heavy atom. The lowest BCUT2D eigenvalue weighted by atomic mass is 9.95. The van der Waals surface area contributed by atoms with Gasteiger partial charge in [0.15, 0.2) is 0 Å². The Hall–Kier alpha value is -0.890. The zero-order chi connectivity index (χ0) is 14.4. The van der Waals surface area contributed by atoms with Crippen molar-refractivity contribution in [1.82, 2.24) is 5.32 Å². The minimum absolute atomic E-state index is 0.0926. The van der Waals surface area contributed by atoms with Crippen LogP contribution in [0.25, 0.3) is 0 Å². The molecule has 0 amide bonds. The topological polar surface area (TPSA) is 12.0 Å². The van der Waals surface area contributed by atoms with Crippen LogP contribution < -0.4 is 5.32 Å². The molecule has 1 aromatic rings. The van der Waals surface area contributed by atoms with Crippen molar-refractivity contribution in [1.29, 1.82) is 0 Å². The van der Waals surface area contributed by atoms with Crippen LogP contribution in [0.2, 0.25) is 0 Å². The molecule has 1 saturated carbocycles. The van der Waals surface area contributed by atoms with Gasteiger partial charge in [0.1, 0.15) is 5.82 Å². The second-order valence-corrected chi connectivity index (χ2v) is 6.27. The summed E-state index contributed by atoms with van der Waals surface area (Å²) in [5, 5.41) is 3.64. The van der Waals surface area contributed by atoms with Crippen LogP contribution in [-0.4, -0.2) is 6.04 Å². The summed E-state index contributed by atoms with van der Waals surface area (Å²) in [6, 6.07) is 7.77. The van der Waals surface area contributed by atoms with Crippen LogP contribution in [0, 0.1) is 11.7 Å². The lowest BCUT2D eigenvalue weighted by molar-refractivity contribution is 0.388. The molecule has 0 bridgehead atoms. The van der Waals surface area contributed by atoms with Crippen molar-refractivity contribution < 1.29 is 4.39 Å². The summed E-state index contributed by atoms with van der Waals surface area (Å²) in [4.78, 5) is 0. The zero-order valence-corrected chi connectivity index (χ0v) is 12.9. The molecule has 0 aromatic heterocycles. The maximum absolute atomic E-state index is 13.8. The molecular formula is C18H28FN. The molecular weight excluding hydrogens is 249 g/mol. The summed E-state index contributed by atoms with van der Waals surface area (Å²) in [6.07, 6.45) is 9.16. The predicted octanol–water partition coefficient (Wildman–Crippen LogP) is 5.23. The highest BCUT2D eigenvalue weighted by molar-refractivity contribution is 5.20. The fraction of sp³-hybridized carbons (Fsp3) is 0.667. The molecule has 0 saturated heterocycles. The van der Waals surface area contributed by atoms with E-state index in [-0.39, 0.29) is 11.9 Å². The van der Waals surface area contributed by atoms with Gasteiger partial charge < -0.3 is 5.32 Å². The minimum Gasteiger partial charge on any atom is -0.307 e. The van der Waals surface area contributed by atoms with Gasteiger partial charge >= 0.3 is 0 Å². The molecule has 112 valence electrons. The van der Waals surface area contributed by atoms with E-state index in [4.69, 9.17) is 0 Å². The predicted molar refractivity (Wildman–Crippen MR) is 83.2 cm³/mol. The normalized spacial score (nSPS) is 25.1. The van der Waals surface area contributed by atoms with E-state index in [1.54, 1.807) is 12.1 Å². The van der Waals surface area contributed by atoms with E-state index in [1.807, 2.05) is 12.1 Å². The van der Waals surface area contributed by atoms with Gasteiger partial charge in [-0.05, 0) is 38.2 Å². The molecule has 1 fully saturated rings. The monoisotopic (exact) mass is 277 g/mol. The summed E-state index contributed by atoms with van der Waals surface area (Å²) >= 11 is 0. The van der Waals surface area contributed by atoms with Gasteiger partial charge in [0.2, 0.25) is 0 Å². The van der Waals surface area contributed by atoms with Gasteiger partial charge in [0.25, 0.3) is 0 Å². The molecule has 2 rings (SSSR count). The lowest BCUT2D eigenvalue weighted by Crippen LogP contribution is -2.31. The molecule has 3 unspecified atom stereocenters.